The molecule has 0 saturated carbocycles. The summed E-state index contributed by atoms with van der Waals surface area (Å²) in [4.78, 5) is 11.9. The van der Waals surface area contributed by atoms with Crippen LogP contribution in [-0.2, 0) is 16.0 Å². The van der Waals surface area contributed by atoms with Gasteiger partial charge >= 0.3 is 0 Å². The Balaban J connectivity index is 2.08. The molecule has 1 heterocycles. The molecule has 1 unspecified atom stereocenters. The summed E-state index contributed by atoms with van der Waals surface area (Å²) in [5, 5.41) is 0.954. The van der Waals surface area contributed by atoms with Crippen molar-refractivity contribution in [3.63, 3.8) is 0 Å². The lowest BCUT2D eigenvalue weighted by molar-refractivity contribution is -0.127. The van der Waals surface area contributed by atoms with Crippen molar-refractivity contribution in [3.05, 3.63) is 33.8 Å². The number of hydrogen-bond donors (Lipinski definition) is 0. The highest BCUT2D eigenvalue weighted by Gasteiger charge is 2.24. The monoisotopic (exact) mass is 258 g/mol. The fourth-order valence-electron chi connectivity index (χ4n) is 1.82. The molecule has 1 fully saturated rings. The Morgan fingerprint density at radius 2 is 2.25 bits per heavy atom. The maximum absolute atomic E-state index is 11.9. The predicted octanol–water partition coefficient (Wildman–Crippen LogP) is 3.28. The van der Waals surface area contributed by atoms with E-state index in [0.717, 1.165) is 18.4 Å². The average Bonchev–Trinajstić information content (AvgIpc) is 2.78. The number of carbonyl (C=O) groups excluding carboxylic acids is 1. The number of carbonyl (C=O) groups is 1. The van der Waals surface area contributed by atoms with Gasteiger partial charge in [0.1, 0.15) is 6.10 Å². The molecule has 16 heavy (non-hydrogen) atoms. The lowest BCUT2D eigenvalue weighted by Gasteiger charge is -2.09. The topological polar surface area (TPSA) is 26.3 Å². The number of halogens is 2. The zero-order chi connectivity index (χ0) is 11.5. The SMILES string of the molecule is O=C(Cc1cccc(Cl)c1Cl)C1CCCO1. The van der Waals surface area contributed by atoms with E-state index in [-0.39, 0.29) is 11.9 Å². The van der Waals surface area contributed by atoms with Crippen LogP contribution in [0.2, 0.25) is 10.0 Å². The van der Waals surface area contributed by atoms with Gasteiger partial charge in [-0.15, -0.1) is 0 Å². The molecule has 1 saturated heterocycles. The third kappa shape index (κ3) is 2.57. The highest BCUT2D eigenvalue weighted by atomic mass is 35.5. The van der Waals surface area contributed by atoms with Crippen molar-refractivity contribution >= 4 is 29.0 Å². The molecule has 86 valence electrons. The number of ketones is 1. The molecule has 4 heteroatoms. The summed E-state index contributed by atoms with van der Waals surface area (Å²) in [7, 11) is 0. The summed E-state index contributed by atoms with van der Waals surface area (Å²) in [6.45, 7) is 0.680. The Morgan fingerprint density at radius 1 is 1.44 bits per heavy atom. The Labute approximate surface area is 104 Å². The summed E-state index contributed by atoms with van der Waals surface area (Å²) in [5.74, 6) is 0.0849. The minimum atomic E-state index is -0.255. The Kier molecular flexibility index (Phi) is 3.85. The first-order valence-corrected chi connectivity index (χ1v) is 6.01. The first kappa shape index (κ1) is 11.9. The van der Waals surface area contributed by atoms with E-state index in [0.29, 0.717) is 23.1 Å². The number of rotatable bonds is 3. The summed E-state index contributed by atoms with van der Waals surface area (Å²) >= 11 is 11.9. The Morgan fingerprint density at radius 3 is 2.94 bits per heavy atom. The van der Waals surface area contributed by atoms with Crippen molar-refractivity contribution in [2.24, 2.45) is 0 Å². The molecular formula is C12H12Cl2O2. The van der Waals surface area contributed by atoms with Crippen LogP contribution >= 0.6 is 23.2 Å². The molecule has 1 aromatic carbocycles. The molecule has 2 rings (SSSR count). The molecular weight excluding hydrogens is 247 g/mol. The number of hydrogen-bond acceptors (Lipinski definition) is 2. The largest absolute Gasteiger partial charge is 0.370 e. The second-order valence-corrected chi connectivity index (χ2v) is 4.64. The van der Waals surface area contributed by atoms with E-state index in [2.05, 4.69) is 0 Å². The van der Waals surface area contributed by atoms with Gasteiger partial charge in [-0.3, -0.25) is 4.79 Å². The lowest BCUT2D eigenvalue weighted by Crippen LogP contribution is -2.21. The number of Topliss-reactive ketones (excluding diaryl/α,β-unsaturated/α-hetero) is 1. The van der Waals surface area contributed by atoms with Crippen LogP contribution in [0, 0.1) is 0 Å². The highest BCUT2D eigenvalue weighted by molar-refractivity contribution is 6.42. The lowest BCUT2D eigenvalue weighted by atomic mass is 10.0. The minimum absolute atomic E-state index is 0.0849. The summed E-state index contributed by atoms with van der Waals surface area (Å²) in [6.07, 6.45) is 1.82. The van der Waals surface area contributed by atoms with Crippen LogP contribution in [0.3, 0.4) is 0 Å². The Bertz CT molecular complexity index is 398. The van der Waals surface area contributed by atoms with Gasteiger partial charge in [0, 0.05) is 13.0 Å². The van der Waals surface area contributed by atoms with Gasteiger partial charge in [-0.05, 0) is 24.5 Å². The predicted molar refractivity (Wildman–Crippen MR) is 64.1 cm³/mol. The van der Waals surface area contributed by atoms with Gasteiger partial charge in [0.2, 0.25) is 0 Å². The summed E-state index contributed by atoms with van der Waals surface area (Å²) in [6, 6.07) is 5.33. The molecule has 0 spiro atoms. The molecule has 0 amide bonds. The van der Waals surface area contributed by atoms with Gasteiger partial charge in [-0.25, -0.2) is 0 Å². The van der Waals surface area contributed by atoms with Crippen molar-refractivity contribution in [2.45, 2.75) is 25.4 Å². The van der Waals surface area contributed by atoms with Crippen molar-refractivity contribution in [3.8, 4) is 0 Å². The maximum Gasteiger partial charge on any atom is 0.165 e. The minimum Gasteiger partial charge on any atom is -0.370 e. The molecule has 0 bridgehead atoms. The average molecular weight is 259 g/mol. The normalized spacial score (nSPS) is 20.0. The van der Waals surface area contributed by atoms with E-state index < -0.39 is 0 Å². The van der Waals surface area contributed by atoms with Crippen LogP contribution in [0.1, 0.15) is 18.4 Å². The summed E-state index contributed by atoms with van der Waals surface area (Å²) in [5.41, 5.74) is 0.773. The molecule has 2 nitrogen and oxygen atoms in total. The standard InChI is InChI=1S/C12H12Cl2O2/c13-9-4-1-3-8(12(9)14)7-10(15)11-5-2-6-16-11/h1,3-4,11H,2,5-7H2. The van der Waals surface area contributed by atoms with Crippen LogP contribution in [0.5, 0.6) is 0 Å². The van der Waals surface area contributed by atoms with E-state index in [4.69, 9.17) is 27.9 Å². The second-order valence-electron chi connectivity index (χ2n) is 3.86. The third-order valence-electron chi connectivity index (χ3n) is 2.69. The molecule has 0 aromatic heterocycles. The third-order valence-corrected chi connectivity index (χ3v) is 3.54. The van der Waals surface area contributed by atoms with E-state index >= 15 is 0 Å². The summed E-state index contributed by atoms with van der Waals surface area (Å²) < 4.78 is 5.33. The van der Waals surface area contributed by atoms with Gasteiger partial charge in [0.15, 0.2) is 5.78 Å². The molecule has 1 atom stereocenters. The van der Waals surface area contributed by atoms with Crippen molar-refractivity contribution in [1.82, 2.24) is 0 Å². The van der Waals surface area contributed by atoms with Crippen LogP contribution < -0.4 is 0 Å². The highest BCUT2D eigenvalue weighted by Crippen LogP contribution is 2.27. The quantitative estimate of drug-likeness (QED) is 0.832. The van der Waals surface area contributed by atoms with Gasteiger partial charge in [0.05, 0.1) is 10.0 Å². The van der Waals surface area contributed by atoms with E-state index in [9.17, 15) is 4.79 Å². The zero-order valence-electron chi connectivity index (χ0n) is 8.71. The Hall–Kier alpha value is -0.570. The molecule has 1 aliphatic rings. The molecule has 1 aromatic rings. The molecule has 0 N–H and O–H groups in total. The number of benzene rings is 1. The maximum atomic E-state index is 11.9. The zero-order valence-corrected chi connectivity index (χ0v) is 10.2. The van der Waals surface area contributed by atoms with E-state index in [1.807, 2.05) is 6.07 Å². The van der Waals surface area contributed by atoms with Gasteiger partial charge in [-0.1, -0.05) is 35.3 Å². The van der Waals surface area contributed by atoms with Crippen LogP contribution in [-0.4, -0.2) is 18.5 Å². The first-order chi connectivity index (χ1) is 7.68. The fourth-order valence-corrected chi connectivity index (χ4v) is 2.21. The van der Waals surface area contributed by atoms with Gasteiger partial charge in [-0.2, -0.15) is 0 Å². The van der Waals surface area contributed by atoms with Crippen LogP contribution in [0.25, 0.3) is 0 Å². The van der Waals surface area contributed by atoms with E-state index in [1.165, 1.54) is 0 Å². The number of ether oxygens (including phenoxy) is 1. The van der Waals surface area contributed by atoms with Crippen LogP contribution in [0.4, 0.5) is 0 Å². The molecule has 0 radical (unpaired) electrons. The fraction of sp³-hybridized carbons (Fsp3) is 0.417. The van der Waals surface area contributed by atoms with Gasteiger partial charge < -0.3 is 4.74 Å². The molecule has 0 aliphatic carbocycles. The van der Waals surface area contributed by atoms with Gasteiger partial charge in [0.25, 0.3) is 0 Å². The first-order valence-electron chi connectivity index (χ1n) is 5.25. The van der Waals surface area contributed by atoms with E-state index in [1.54, 1.807) is 12.1 Å². The van der Waals surface area contributed by atoms with Crippen LogP contribution in [0.15, 0.2) is 18.2 Å². The van der Waals surface area contributed by atoms with Crippen molar-refractivity contribution < 1.29 is 9.53 Å². The van der Waals surface area contributed by atoms with Crippen molar-refractivity contribution in [1.29, 1.82) is 0 Å². The smallest absolute Gasteiger partial charge is 0.165 e. The van der Waals surface area contributed by atoms with Crippen molar-refractivity contribution in [2.75, 3.05) is 6.61 Å². The second kappa shape index (κ2) is 5.17. The molecule has 1 aliphatic heterocycles.